The van der Waals surface area contributed by atoms with Crippen molar-refractivity contribution in [1.82, 2.24) is 9.97 Å². The number of ether oxygens (including phenoxy) is 1. The molecule has 0 aliphatic carbocycles. The molecule has 0 atom stereocenters. The van der Waals surface area contributed by atoms with Gasteiger partial charge in [-0.15, -0.1) is 0 Å². The van der Waals surface area contributed by atoms with E-state index in [0.29, 0.717) is 5.82 Å². The minimum atomic E-state index is 0.673. The molecule has 0 aliphatic heterocycles. The minimum absolute atomic E-state index is 0.673. The first-order chi connectivity index (χ1) is 8.28. The van der Waals surface area contributed by atoms with E-state index in [1.165, 1.54) is 0 Å². The van der Waals surface area contributed by atoms with E-state index >= 15 is 0 Å². The third-order valence-electron chi connectivity index (χ3n) is 2.20. The van der Waals surface area contributed by atoms with E-state index in [-0.39, 0.29) is 0 Å². The van der Waals surface area contributed by atoms with Crippen LogP contribution < -0.4 is 15.6 Å². The smallest absolute Gasteiger partial charge is 0.148 e. The zero-order valence-corrected chi connectivity index (χ0v) is 9.77. The number of hydrazine groups is 1. The summed E-state index contributed by atoms with van der Waals surface area (Å²) < 4.78 is 5.10. The largest absolute Gasteiger partial charge is 0.497 e. The molecule has 2 aromatic rings. The van der Waals surface area contributed by atoms with Crippen molar-refractivity contribution in [3.63, 3.8) is 0 Å². The van der Waals surface area contributed by atoms with Crippen LogP contribution in [-0.4, -0.2) is 17.1 Å². The number of nitrogens with one attached hydrogen (secondary N) is 2. The Labute approximate surface area is 99.8 Å². The first-order valence-corrected chi connectivity index (χ1v) is 5.22. The van der Waals surface area contributed by atoms with Crippen LogP contribution in [0.1, 0.15) is 5.56 Å². The molecule has 88 valence electrons. The zero-order chi connectivity index (χ0) is 12.1. The van der Waals surface area contributed by atoms with Crippen LogP contribution in [0.4, 0.5) is 11.6 Å². The average Bonchev–Trinajstić information content (AvgIpc) is 2.38. The maximum Gasteiger partial charge on any atom is 0.148 e. The van der Waals surface area contributed by atoms with E-state index < -0.39 is 0 Å². The van der Waals surface area contributed by atoms with Gasteiger partial charge in [0, 0.05) is 18.5 Å². The minimum Gasteiger partial charge on any atom is -0.497 e. The van der Waals surface area contributed by atoms with Gasteiger partial charge in [-0.05, 0) is 24.6 Å². The molecule has 0 saturated heterocycles. The van der Waals surface area contributed by atoms with Crippen LogP contribution in [0.15, 0.2) is 36.7 Å². The number of methoxy groups -OCH3 is 1. The number of aryl methyl sites for hydroxylation is 1. The third-order valence-corrected chi connectivity index (χ3v) is 2.20. The van der Waals surface area contributed by atoms with Gasteiger partial charge >= 0.3 is 0 Å². The second kappa shape index (κ2) is 5.16. The Kier molecular flexibility index (Phi) is 3.40. The Hall–Kier alpha value is -2.30. The van der Waals surface area contributed by atoms with Crippen LogP contribution in [0.5, 0.6) is 5.75 Å². The Morgan fingerprint density at radius 1 is 1.06 bits per heavy atom. The SMILES string of the molecule is COc1ccnc(NNc2ccc(C)cn2)c1. The molecular formula is C12H14N4O. The summed E-state index contributed by atoms with van der Waals surface area (Å²) >= 11 is 0. The number of anilines is 2. The fourth-order valence-electron chi connectivity index (χ4n) is 1.28. The van der Waals surface area contributed by atoms with Crippen LogP contribution in [0, 0.1) is 6.92 Å². The normalized spacial score (nSPS) is 9.76. The van der Waals surface area contributed by atoms with Crippen LogP contribution in [0.3, 0.4) is 0 Å². The first kappa shape index (κ1) is 11.2. The third kappa shape index (κ3) is 3.07. The standard InChI is InChI=1S/C12H14N4O/c1-9-3-4-11(14-8-9)15-16-12-7-10(17-2)5-6-13-12/h3-8H,1-2H3,(H,13,16)(H,14,15). The molecule has 2 aromatic heterocycles. The predicted molar refractivity (Wildman–Crippen MR) is 67.0 cm³/mol. The predicted octanol–water partition coefficient (Wildman–Crippen LogP) is 2.23. The van der Waals surface area contributed by atoms with Crippen molar-refractivity contribution in [2.75, 3.05) is 18.0 Å². The highest BCUT2D eigenvalue weighted by atomic mass is 16.5. The Morgan fingerprint density at radius 2 is 1.88 bits per heavy atom. The van der Waals surface area contributed by atoms with Crippen molar-refractivity contribution in [1.29, 1.82) is 0 Å². The van der Waals surface area contributed by atoms with Crippen molar-refractivity contribution >= 4 is 11.6 Å². The summed E-state index contributed by atoms with van der Waals surface area (Å²) in [5, 5.41) is 0. The molecule has 0 bridgehead atoms. The lowest BCUT2D eigenvalue weighted by molar-refractivity contribution is 0.414. The molecule has 5 heteroatoms. The lowest BCUT2D eigenvalue weighted by atomic mass is 10.3. The van der Waals surface area contributed by atoms with E-state index in [4.69, 9.17) is 4.74 Å². The van der Waals surface area contributed by atoms with Crippen LogP contribution >= 0.6 is 0 Å². The molecule has 5 nitrogen and oxygen atoms in total. The van der Waals surface area contributed by atoms with Gasteiger partial charge in [-0.3, -0.25) is 10.9 Å². The van der Waals surface area contributed by atoms with Crippen molar-refractivity contribution < 1.29 is 4.74 Å². The van der Waals surface area contributed by atoms with E-state index in [0.717, 1.165) is 17.1 Å². The first-order valence-electron chi connectivity index (χ1n) is 5.22. The maximum atomic E-state index is 5.10. The summed E-state index contributed by atoms with van der Waals surface area (Å²) in [5.74, 6) is 2.16. The van der Waals surface area contributed by atoms with Gasteiger partial charge < -0.3 is 4.74 Å². The molecule has 0 amide bonds. The van der Waals surface area contributed by atoms with Gasteiger partial charge in [-0.2, -0.15) is 0 Å². The Balaban J connectivity index is 1.99. The highest BCUT2D eigenvalue weighted by molar-refractivity contribution is 5.47. The quantitative estimate of drug-likeness (QED) is 0.789. The van der Waals surface area contributed by atoms with E-state index in [1.807, 2.05) is 19.1 Å². The number of hydrogen-bond acceptors (Lipinski definition) is 5. The van der Waals surface area contributed by atoms with Gasteiger partial charge in [0.2, 0.25) is 0 Å². The van der Waals surface area contributed by atoms with E-state index in [1.54, 1.807) is 31.6 Å². The van der Waals surface area contributed by atoms with Crippen molar-refractivity contribution in [3.05, 3.63) is 42.2 Å². The van der Waals surface area contributed by atoms with Crippen LogP contribution in [0.25, 0.3) is 0 Å². The number of hydrogen-bond donors (Lipinski definition) is 2. The van der Waals surface area contributed by atoms with Crippen LogP contribution in [0.2, 0.25) is 0 Å². The molecule has 2 rings (SSSR count). The zero-order valence-electron chi connectivity index (χ0n) is 9.77. The van der Waals surface area contributed by atoms with Gasteiger partial charge in [0.15, 0.2) is 0 Å². The summed E-state index contributed by atoms with van der Waals surface area (Å²) in [6, 6.07) is 7.45. The fourth-order valence-corrected chi connectivity index (χ4v) is 1.28. The molecule has 2 N–H and O–H groups in total. The monoisotopic (exact) mass is 230 g/mol. The lowest BCUT2D eigenvalue weighted by Gasteiger charge is -2.08. The molecule has 0 aliphatic rings. The molecule has 0 aromatic carbocycles. The highest BCUT2D eigenvalue weighted by Crippen LogP contribution is 2.13. The average molecular weight is 230 g/mol. The lowest BCUT2D eigenvalue weighted by Crippen LogP contribution is -2.11. The molecular weight excluding hydrogens is 216 g/mol. The van der Waals surface area contributed by atoms with Crippen LogP contribution in [-0.2, 0) is 0 Å². The molecule has 0 unspecified atom stereocenters. The van der Waals surface area contributed by atoms with E-state index in [9.17, 15) is 0 Å². The highest BCUT2D eigenvalue weighted by Gasteiger charge is 1.97. The van der Waals surface area contributed by atoms with Crippen molar-refractivity contribution in [2.24, 2.45) is 0 Å². The van der Waals surface area contributed by atoms with Gasteiger partial charge in [0.05, 0.1) is 7.11 Å². The van der Waals surface area contributed by atoms with E-state index in [2.05, 4.69) is 20.8 Å². The summed E-state index contributed by atoms with van der Waals surface area (Å²) in [4.78, 5) is 8.34. The second-order valence-electron chi connectivity index (χ2n) is 3.55. The molecule has 0 fully saturated rings. The summed E-state index contributed by atoms with van der Waals surface area (Å²) in [6.07, 6.45) is 3.47. The Bertz CT molecular complexity index is 484. The topological polar surface area (TPSA) is 59.1 Å². The molecule has 2 heterocycles. The number of rotatable bonds is 4. The summed E-state index contributed by atoms with van der Waals surface area (Å²) in [6.45, 7) is 1.99. The maximum absolute atomic E-state index is 5.10. The fraction of sp³-hybridized carbons (Fsp3) is 0.167. The second-order valence-corrected chi connectivity index (χ2v) is 3.55. The number of nitrogens with zero attached hydrogens (tertiary/aromatic N) is 2. The summed E-state index contributed by atoms with van der Waals surface area (Å²) in [7, 11) is 1.62. The van der Waals surface area contributed by atoms with Gasteiger partial charge in [0.25, 0.3) is 0 Å². The van der Waals surface area contributed by atoms with Crippen molar-refractivity contribution in [3.8, 4) is 5.75 Å². The number of pyridine rings is 2. The molecule has 17 heavy (non-hydrogen) atoms. The van der Waals surface area contributed by atoms with Crippen molar-refractivity contribution in [2.45, 2.75) is 6.92 Å². The number of aromatic nitrogens is 2. The van der Waals surface area contributed by atoms with Gasteiger partial charge in [-0.25, -0.2) is 9.97 Å². The van der Waals surface area contributed by atoms with Gasteiger partial charge in [-0.1, -0.05) is 6.07 Å². The van der Waals surface area contributed by atoms with Gasteiger partial charge in [0.1, 0.15) is 17.4 Å². The molecule has 0 saturated carbocycles. The summed E-state index contributed by atoms with van der Waals surface area (Å²) in [5.41, 5.74) is 7.03. The molecule has 0 spiro atoms. The molecule has 0 radical (unpaired) electrons. The Morgan fingerprint density at radius 3 is 2.59 bits per heavy atom.